The molecule has 1 unspecified atom stereocenters. The van der Waals surface area contributed by atoms with Crippen molar-refractivity contribution in [3.05, 3.63) is 56.7 Å². The third-order valence-electron chi connectivity index (χ3n) is 5.98. The molecule has 1 aromatic carbocycles. The van der Waals surface area contributed by atoms with Crippen LogP contribution in [0.2, 0.25) is 0 Å². The molecule has 192 valence electrons. The Kier molecular flexibility index (Phi) is 7.09. The van der Waals surface area contributed by atoms with Crippen LogP contribution in [0.15, 0.2) is 39.9 Å². The summed E-state index contributed by atoms with van der Waals surface area (Å²) in [6.07, 6.45) is -6.40. The van der Waals surface area contributed by atoms with Gasteiger partial charge in [0.25, 0.3) is 5.56 Å². The number of hydrogen-bond acceptors (Lipinski definition) is 8. The molecule has 10 nitrogen and oxygen atoms in total. The number of carbonyl (C=O) groups excluding carboxylic acids is 1. The summed E-state index contributed by atoms with van der Waals surface area (Å²) in [5.41, 5.74) is -0.874. The van der Waals surface area contributed by atoms with Gasteiger partial charge >= 0.3 is 17.8 Å². The van der Waals surface area contributed by atoms with E-state index in [0.717, 1.165) is 9.13 Å². The molecule has 1 fully saturated rings. The standard InChI is InChI=1S/C23H25F3N6O4/c1-3-4-12-30-17-18(28(2)22(35)31(19(17)33)15-16-8-6-5-7-9-16)32(36-20(34)23(24,25)26)21(30)29-13-10-27-11-14-29/h5-9,21,27H,10-15H2,1-2H3. The van der Waals surface area contributed by atoms with E-state index in [4.69, 9.17) is 4.84 Å². The highest BCUT2D eigenvalue weighted by molar-refractivity contribution is 5.80. The first-order valence-electron chi connectivity index (χ1n) is 11.2. The van der Waals surface area contributed by atoms with Crippen LogP contribution >= 0.6 is 0 Å². The summed E-state index contributed by atoms with van der Waals surface area (Å²) in [5, 5.41) is 3.86. The maximum absolute atomic E-state index is 13.7. The van der Waals surface area contributed by atoms with Gasteiger partial charge in [-0.05, 0) is 12.5 Å². The van der Waals surface area contributed by atoms with Crippen LogP contribution in [-0.4, -0.2) is 65.2 Å². The lowest BCUT2D eigenvalue weighted by Crippen LogP contribution is -2.61. The van der Waals surface area contributed by atoms with E-state index in [0.29, 0.717) is 36.8 Å². The third-order valence-corrected chi connectivity index (χ3v) is 5.98. The fraction of sp³-hybridized carbons (Fsp3) is 0.435. The van der Waals surface area contributed by atoms with Crippen LogP contribution < -0.4 is 26.5 Å². The number of nitrogens with one attached hydrogen (secondary N) is 1. The second-order valence-corrected chi connectivity index (χ2v) is 8.28. The Bertz CT molecular complexity index is 1310. The van der Waals surface area contributed by atoms with Gasteiger partial charge in [0.15, 0.2) is 17.8 Å². The van der Waals surface area contributed by atoms with Gasteiger partial charge in [0.05, 0.1) is 13.1 Å². The molecular weight excluding hydrogens is 481 g/mol. The summed E-state index contributed by atoms with van der Waals surface area (Å²) < 4.78 is 41.7. The van der Waals surface area contributed by atoms with Gasteiger partial charge < -0.3 is 15.1 Å². The van der Waals surface area contributed by atoms with E-state index >= 15 is 0 Å². The minimum absolute atomic E-state index is 0.0447. The van der Waals surface area contributed by atoms with Crippen LogP contribution in [0.1, 0.15) is 12.5 Å². The van der Waals surface area contributed by atoms with Crippen molar-refractivity contribution in [2.75, 3.05) is 42.7 Å². The van der Waals surface area contributed by atoms with Crippen molar-refractivity contribution >= 4 is 17.5 Å². The van der Waals surface area contributed by atoms with Crippen molar-refractivity contribution in [1.29, 1.82) is 0 Å². The average molecular weight is 506 g/mol. The van der Waals surface area contributed by atoms with Gasteiger partial charge in [0.1, 0.15) is 0 Å². The Labute approximate surface area is 204 Å². The van der Waals surface area contributed by atoms with E-state index in [-0.39, 0.29) is 24.6 Å². The average Bonchev–Trinajstić information content (AvgIpc) is 3.18. The Morgan fingerprint density at radius 3 is 2.44 bits per heavy atom. The number of hydrogen-bond donors (Lipinski definition) is 1. The first kappa shape index (κ1) is 25.3. The van der Waals surface area contributed by atoms with Crippen molar-refractivity contribution in [2.24, 2.45) is 7.05 Å². The predicted octanol–water partition coefficient (Wildman–Crippen LogP) is 0.454. The highest BCUT2D eigenvalue weighted by Gasteiger charge is 2.50. The zero-order valence-electron chi connectivity index (χ0n) is 19.7. The Hall–Kier alpha value is -3.76. The second-order valence-electron chi connectivity index (χ2n) is 8.28. The summed E-state index contributed by atoms with van der Waals surface area (Å²) in [5.74, 6) is 2.86. The Morgan fingerprint density at radius 1 is 1.17 bits per heavy atom. The van der Waals surface area contributed by atoms with E-state index < -0.39 is 29.7 Å². The van der Waals surface area contributed by atoms with Crippen LogP contribution in [0.25, 0.3) is 0 Å². The molecule has 0 saturated carbocycles. The van der Waals surface area contributed by atoms with Gasteiger partial charge in [0.2, 0.25) is 0 Å². The number of alkyl halides is 3. The summed E-state index contributed by atoms with van der Waals surface area (Å²) in [6.45, 7) is 3.33. The van der Waals surface area contributed by atoms with Gasteiger partial charge in [0, 0.05) is 33.2 Å². The number of benzene rings is 1. The first-order chi connectivity index (χ1) is 17.1. The molecule has 4 rings (SSSR count). The lowest BCUT2D eigenvalue weighted by molar-refractivity contribution is -0.203. The normalized spacial score (nSPS) is 18.0. The molecule has 0 amide bonds. The molecule has 2 aliphatic heterocycles. The van der Waals surface area contributed by atoms with Gasteiger partial charge in [-0.15, -0.1) is 11.0 Å². The molecule has 1 aromatic heterocycles. The molecule has 3 heterocycles. The predicted molar refractivity (Wildman–Crippen MR) is 125 cm³/mol. The Balaban J connectivity index is 1.91. The van der Waals surface area contributed by atoms with Crippen molar-refractivity contribution in [1.82, 2.24) is 19.4 Å². The first-order valence-corrected chi connectivity index (χ1v) is 11.2. The summed E-state index contributed by atoms with van der Waals surface area (Å²) in [7, 11) is 1.32. The second kappa shape index (κ2) is 10.1. The van der Waals surface area contributed by atoms with Crippen LogP contribution in [0.3, 0.4) is 0 Å². The van der Waals surface area contributed by atoms with Crippen LogP contribution in [0, 0.1) is 11.8 Å². The molecule has 36 heavy (non-hydrogen) atoms. The largest absolute Gasteiger partial charge is 0.493 e. The minimum atomic E-state index is -5.29. The van der Waals surface area contributed by atoms with Crippen molar-refractivity contribution in [3.63, 3.8) is 0 Å². The number of nitrogens with zero attached hydrogens (tertiary/aromatic N) is 5. The quantitative estimate of drug-likeness (QED) is 0.585. The highest BCUT2D eigenvalue weighted by Crippen LogP contribution is 2.38. The molecule has 0 aliphatic carbocycles. The van der Waals surface area contributed by atoms with E-state index in [1.54, 1.807) is 42.2 Å². The molecule has 1 N–H and O–H groups in total. The van der Waals surface area contributed by atoms with E-state index in [1.807, 2.05) is 0 Å². The monoisotopic (exact) mass is 506 g/mol. The molecule has 1 saturated heterocycles. The third kappa shape index (κ3) is 4.69. The number of fused-ring (bicyclic) bond motifs is 1. The number of hydroxylamine groups is 1. The minimum Gasteiger partial charge on any atom is -0.327 e. The zero-order chi connectivity index (χ0) is 26.0. The van der Waals surface area contributed by atoms with E-state index in [1.165, 1.54) is 11.9 Å². The number of aromatic nitrogens is 2. The molecule has 0 bridgehead atoms. The molecule has 13 heteroatoms. The van der Waals surface area contributed by atoms with Gasteiger partial charge in [-0.2, -0.15) is 13.2 Å². The van der Waals surface area contributed by atoms with Gasteiger partial charge in [-0.25, -0.2) is 9.59 Å². The van der Waals surface area contributed by atoms with Crippen LogP contribution in [0.5, 0.6) is 0 Å². The van der Waals surface area contributed by atoms with Crippen molar-refractivity contribution in [2.45, 2.75) is 25.9 Å². The molecule has 0 spiro atoms. The lowest BCUT2D eigenvalue weighted by Gasteiger charge is -2.40. The van der Waals surface area contributed by atoms with Crippen molar-refractivity contribution in [3.8, 4) is 11.8 Å². The summed E-state index contributed by atoms with van der Waals surface area (Å²) in [6, 6.07) is 8.82. The van der Waals surface area contributed by atoms with E-state index in [9.17, 15) is 27.6 Å². The van der Waals surface area contributed by atoms with Crippen molar-refractivity contribution < 1.29 is 22.8 Å². The molecular formula is C23H25F3N6O4. The molecule has 2 aromatic rings. The van der Waals surface area contributed by atoms with E-state index in [2.05, 4.69) is 17.2 Å². The smallest absolute Gasteiger partial charge is 0.327 e. The number of piperazine rings is 1. The maximum atomic E-state index is 13.7. The summed E-state index contributed by atoms with van der Waals surface area (Å²) in [4.78, 5) is 47.0. The van der Waals surface area contributed by atoms with Crippen LogP contribution in [0.4, 0.5) is 24.7 Å². The van der Waals surface area contributed by atoms with Gasteiger partial charge in [-0.1, -0.05) is 36.3 Å². The SMILES string of the molecule is CC#CCN1c2c(n(C)c(=O)n(Cc3ccccc3)c2=O)N(OC(=O)C(F)(F)F)C1N1CCNCC1. The topological polar surface area (TPSA) is 92.0 Å². The number of carbonyl (C=O) groups is 1. The summed E-state index contributed by atoms with van der Waals surface area (Å²) >= 11 is 0. The zero-order valence-corrected chi connectivity index (χ0v) is 19.7. The van der Waals surface area contributed by atoms with Crippen LogP contribution in [-0.2, 0) is 23.2 Å². The fourth-order valence-corrected chi connectivity index (χ4v) is 4.32. The lowest BCUT2D eigenvalue weighted by atomic mass is 10.2. The van der Waals surface area contributed by atoms with Gasteiger partial charge in [-0.3, -0.25) is 18.8 Å². The highest BCUT2D eigenvalue weighted by atomic mass is 19.4. The Morgan fingerprint density at radius 2 is 1.83 bits per heavy atom. The molecule has 0 radical (unpaired) electrons. The number of anilines is 2. The number of rotatable bonds is 5. The fourth-order valence-electron chi connectivity index (χ4n) is 4.32. The maximum Gasteiger partial charge on any atom is 0.493 e. The molecule has 1 atom stereocenters. The molecule has 2 aliphatic rings. The number of halogens is 3.